The minimum Gasteiger partial charge on any atom is -0.481 e. The van der Waals surface area contributed by atoms with Gasteiger partial charge >= 0.3 is 6.18 Å². The molecule has 49 heavy (non-hydrogen) atoms. The lowest BCUT2D eigenvalue weighted by molar-refractivity contribution is -0.141. The molecule has 10 nitrogen and oxygen atoms in total. The molecule has 7 rings (SSSR count). The van der Waals surface area contributed by atoms with Crippen LogP contribution < -0.4 is 20.7 Å². The molecule has 14 heteroatoms. The van der Waals surface area contributed by atoms with E-state index in [4.69, 9.17) is 20.2 Å². The molecular formula is C35H36F4N6O4. The normalized spacial score (nSPS) is 18.9. The number of aliphatic imine (C=N–C) groups is 1. The minimum atomic E-state index is -4.58. The molecule has 4 aliphatic rings. The zero-order chi connectivity index (χ0) is 34.7. The van der Waals surface area contributed by atoms with Crippen molar-refractivity contribution < 1.29 is 36.6 Å². The first-order valence-corrected chi connectivity index (χ1v) is 16.4. The maximum atomic E-state index is 16.1. The van der Waals surface area contributed by atoms with Crippen LogP contribution in [0.3, 0.4) is 0 Å². The van der Waals surface area contributed by atoms with Gasteiger partial charge in [0.1, 0.15) is 22.9 Å². The van der Waals surface area contributed by atoms with Crippen LogP contribution in [0, 0.1) is 12.7 Å². The molecule has 3 aromatic rings. The number of aromatic nitrogens is 2. The fourth-order valence-corrected chi connectivity index (χ4v) is 6.71. The van der Waals surface area contributed by atoms with E-state index in [9.17, 15) is 22.8 Å². The summed E-state index contributed by atoms with van der Waals surface area (Å²) < 4.78 is 67.9. The van der Waals surface area contributed by atoms with Gasteiger partial charge in [-0.15, -0.1) is 0 Å². The number of anilines is 1. The summed E-state index contributed by atoms with van der Waals surface area (Å²) in [5, 5.41) is 2.83. The number of carbonyl (C=O) groups is 2. The highest BCUT2D eigenvalue weighted by atomic mass is 19.4. The van der Waals surface area contributed by atoms with Crippen LogP contribution in [0.2, 0.25) is 0 Å². The molecule has 2 aliphatic carbocycles. The van der Waals surface area contributed by atoms with Gasteiger partial charge in [0, 0.05) is 41.4 Å². The van der Waals surface area contributed by atoms with Crippen molar-refractivity contribution in [2.24, 2.45) is 10.7 Å². The van der Waals surface area contributed by atoms with Gasteiger partial charge in [0.2, 0.25) is 11.8 Å². The number of piperidine rings is 1. The smallest absolute Gasteiger partial charge is 0.433 e. The second-order valence-corrected chi connectivity index (χ2v) is 13.3. The van der Waals surface area contributed by atoms with E-state index in [2.05, 4.69) is 15.3 Å². The van der Waals surface area contributed by atoms with Crippen molar-refractivity contribution in [2.45, 2.75) is 82.2 Å². The number of rotatable bonds is 10. The SMILES string of the molecule is COc1nc(CC(N)=O)cc(C)c1-c1cc(F)c(COC2CC2)c(N2CCC3(CC2)N=C(c2ccc(C(F)(F)F)nc2C2CC2)NC3=O)c1. The first kappa shape index (κ1) is 32.9. The molecular weight excluding hydrogens is 644 g/mol. The highest BCUT2D eigenvalue weighted by molar-refractivity contribution is 6.16. The maximum absolute atomic E-state index is 16.1. The number of alkyl halides is 3. The third kappa shape index (κ3) is 6.57. The number of carbonyl (C=O) groups excluding carboxylic acids is 2. The molecule has 0 bridgehead atoms. The Morgan fingerprint density at radius 1 is 1.10 bits per heavy atom. The number of methoxy groups -OCH3 is 1. The molecule has 2 amide bonds. The largest absolute Gasteiger partial charge is 0.481 e. The molecule has 3 N–H and O–H groups in total. The molecule has 4 heterocycles. The van der Waals surface area contributed by atoms with E-state index >= 15 is 4.39 Å². The van der Waals surface area contributed by atoms with Crippen molar-refractivity contribution in [3.8, 4) is 17.0 Å². The number of benzene rings is 1. The average Bonchev–Trinajstić information content (AvgIpc) is 3.98. The Labute approximate surface area is 280 Å². The van der Waals surface area contributed by atoms with E-state index < -0.39 is 29.1 Å². The molecule has 2 saturated carbocycles. The van der Waals surface area contributed by atoms with Crippen LogP contribution in [0.1, 0.15) is 78.2 Å². The maximum Gasteiger partial charge on any atom is 0.433 e. The second kappa shape index (κ2) is 12.4. The van der Waals surface area contributed by atoms with Crippen LogP contribution in [-0.2, 0) is 33.5 Å². The van der Waals surface area contributed by atoms with Crippen LogP contribution in [0.4, 0.5) is 23.2 Å². The molecule has 0 unspecified atom stereocenters. The Bertz CT molecular complexity index is 1860. The monoisotopic (exact) mass is 680 g/mol. The second-order valence-electron chi connectivity index (χ2n) is 13.3. The predicted octanol–water partition coefficient (Wildman–Crippen LogP) is 5.12. The number of primary amides is 1. The fraction of sp³-hybridized carbons (Fsp3) is 0.457. The summed E-state index contributed by atoms with van der Waals surface area (Å²) in [5.74, 6) is -0.951. The molecule has 1 spiro atoms. The summed E-state index contributed by atoms with van der Waals surface area (Å²) in [5.41, 5.74) is 7.28. The Morgan fingerprint density at radius 3 is 2.47 bits per heavy atom. The molecule has 3 fully saturated rings. The number of pyridine rings is 2. The van der Waals surface area contributed by atoms with Gasteiger partial charge in [0.25, 0.3) is 5.91 Å². The van der Waals surface area contributed by atoms with E-state index in [0.29, 0.717) is 65.3 Å². The molecule has 258 valence electrons. The molecule has 1 saturated heterocycles. The molecule has 2 aliphatic heterocycles. The highest BCUT2D eigenvalue weighted by Gasteiger charge is 2.47. The van der Waals surface area contributed by atoms with E-state index in [1.165, 1.54) is 19.2 Å². The van der Waals surface area contributed by atoms with Crippen LogP contribution in [-0.4, -0.2) is 59.5 Å². The zero-order valence-corrected chi connectivity index (χ0v) is 27.1. The van der Waals surface area contributed by atoms with Gasteiger partial charge in [-0.3, -0.25) is 14.6 Å². The van der Waals surface area contributed by atoms with Gasteiger partial charge in [-0.1, -0.05) is 0 Å². The predicted molar refractivity (Wildman–Crippen MR) is 172 cm³/mol. The van der Waals surface area contributed by atoms with Crippen molar-refractivity contribution in [1.29, 1.82) is 0 Å². The van der Waals surface area contributed by atoms with E-state index in [0.717, 1.165) is 37.3 Å². The Hall–Kier alpha value is -4.59. The highest BCUT2D eigenvalue weighted by Crippen LogP contribution is 2.44. The lowest BCUT2D eigenvalue weighted by Crippen LogP contribution is -2.49. The molecule has 0 atom stereocenters. The lowest BCUT2D eigenvalue weighted by Gasteiger charge is -2.38. The Balaban J connectivity index is 1.20. The van der Waals surface area contributed by atoms with Crippen LogP contribution in [0.5, 0.6) is 5.88 Å². The van der Waals surface area contributed by atoms with Crippen molar-refractivity contribution in [3.63, 3.8) is 0 Å². The zero-order valence-electron chi connectivity index (χ0n) is 27.1. The van der Waals surface area contributed by atoms with E-state index in [1.54, 1.807) is 6.07 Å². The fourth-order valence-electron chi connectivity index (χ4n) is 6.71. The summed E-state index contributed by atoms with van der Waals surface area (Å²) in [6.45, 7) is 2.62. The van der Waals surface area contributed by atoms with Gasteiger partial charge in [-0.2, -0.15) is 13.2 Å². The van der Waals surface area contributed by atoms with E-state index in [-0.39, 0.29) is 42.7 Å². The number of amidine groups is 1. The van der Waals surface area contributed by atoms with Crippen LogP contribution >= 0.6 is 0 Å². The topological polar surface area (TPSA) is 132 Å². The molecule has 0 radical (unpaired) electrons. The summed E-state index contributed by atoms with van der Waals surface area (Å²) in [6, 6.07) is 7.30. The van der Waals surface area contributed by atoms with Crippen molar-refractivity contribution in [1.82, 2.24) is 15.3 Å². The first-order valence-electron chi connectivity index (χ1n) is 16.4. The third-order valence-corrected chi connectivity index (χ3v) is 9.58. The number of hydrogen-bond donors (Lipinski definition) is 2. The first-order chi connectivity index (χ1) is 23.3. The van der Waals surface area contributed by atoms with Gasteiger partial charge < -0.3 is 25.4 Å². The molecule has 2 aromatic heterocycles. The number of nitrogens with one attached hydrogen (secondary N) is 1. The van der Waals surface area contributed by atoms with Crippen LogP contribution in [0.15, 0.2) is 35.3 Å². The number of aryl methyl sites for hydroxylation is 1. The average molecular weight is 681 g/mol. The number of ether oxygens (including phenoxy) is 2. The minimum absolute atomic E-state index is 0.0703. The molecule has 1 aromatic carbocycles. The summed E-state index contributed by atoms with van der Waals surface area (Å²) in [4.78, 5) is 40.2. The Morgan fingerprint density at radius 2 is 1.84 bits per heavy atom. The quantitative estimate of drug-likeness (QED) is 0.284. The van der Waals surface area contributed by atoms with Crippen molar-refractivity contribution in [2.75, 3.05) is 25.1 Å². The van der Waals surface area contributed by atoms with Crippen LogP contribution in [0.25, 0.3) is 11.1 Å². The summed E-state index contributed by atoms with van der Waals surface area (Å²) in [6.07, 6.45) is -0.652. The standard InChI is InChI=1S/C35H36F4N6O4/c1-18-13-21(16-28(40)46)41-32(48-2)29(18)20-14-25(36)24(17-49-22-5-6-22)26(15-20)45-11-9-34(10-12-45)33(47)43-31(44-34)23-7-8-27(35(37,38)39)42-30(23)19-3-4-19/h7-8,13-15,19,22H,3-6,9-12,16-17H2,1-2H3,(H2,40,46)(H,43,44,47). The van der Waals surface area contributed by atoms with Crippen molar-refractivity contribution >= 4 is 23.3 Å². The number of nitrogens with two attached hydrogens (primary N) is 1. The number of nitrogens with zero attached hydrogens (tertiary/aromatic N) is 4. The third-order valence-electron chi connectivity index (χ3n) is 9.58. The summed E-state index contributed by atoms with van der Waals surface area (Å²) >= 11 is 0. The van der Waals surface area contributed by atoms with Gasteiger partial charge in [-0.25, -0.2) is 14.4 Å². The van der Waals surface area contributed by atoms with Gasteiger partial charge in [0.15, 0.2) is 0 Å². The summed E-state index contributed by atoms with van der Waals surface area (Å²) in [7, 11) is 1.45. The van der Waals surface area contributed by atoms with Gasteiger partial charge in [-0.05, 0) is 86.9 Å². The number of hydrogen-bond acceptors (Lipinski definition) is 8. The Kier molecular flexibility index (Phi) is 8.32. The number of amides is 2. The lowest BCUT2D eigenvalue weighted by atomic mass is 9.87. The van der Waals surface area contributed by atoms with Crippen molar-refractivity contribution in [3.05, 3.63) is 69.9 Å². The number of halogens is 4. The van der Waals surface area contributed by atoms with Gasteiger partial charge in [0.05, 0.1) is 37.6 Å². The van der Waals surface area contributed by atoms with E-state index in [1.807, 2.05) is 17.9 Å².